The van der Waals surface area contributed by atoms with Crippen LogP contribution in [0.25, 0.3) is 0 Å². The average molecular weight is 252 g/mol. The summed E-state index contributed by atoms with van der Waals surface area (Å²) in [5, 5.41) is 63.2. The molecule has 5 atom stereocenters. The van der Waals surface area contributed by atoms with E-state index in [0.29, 0.717) is 0 Å². The van der Waals surface area contributed by atoms with Gasteiger partial charge < -0.3 is 40.5 Å². The van der Waals surface area contributed by atoms with Gasteiger partial charge in [-0.2, -0.15) is 0 Å². The Bertz CT molecular complexity index is 338. The Kier molecular flexibility index (Phi) is 3.91. The molecule has 0 amide bonds. The highest BCUT2D eigenvalue weighted by atomic mass is 16.6. The molecule has 1 saturated heterocycles. The zero-order valence-corrected chi connectivity index (χ0v) is 8.33. The minimum Gasteiger partial charge on any atom is -0.506 e. The van der Waals surface area contributed by atoms with E-state index in [-0.39, 0.29) is 0 Å². The van der Waals surface area contributed by atoms with Crippen molar-refractivity contribution in [2.24, 2.45) is 0 Å². The molecular formula is C8H12O9. The summed E-state index contributed by atoms with van der Waals surface area (Å²) in [6.07, 6.45) is -10.00. The second-order valence-corrected chi connectivity index (χ2v) is 3.42. The van der Waals surface area contributed by atoms with Crippen molar-refractivity contribution < 1.29 is 45.3 Å². The van der Waals surface area contributed by atoms with E-state index in [4.69, 9.17) is 20.4 Å². The van der Waals surface area contributed by atoms with Crippen LogP contribution in [-0.4, -0.2) is 72.4 Å². The molecule has 1 aliphatic rings. The van der Waals surface area contributed by atoms with Crippen molar-refractivity contribution in [1.29, 1.82) is 0 Å². The normalized spacial score (nSPS) is 35.0. The molecule has 0 spiro atoms. The van der Waals surface area contributed by atoms with E-state index < -0.39 is 48.2 Å². The van der Waals surface area contributed by atoms with Crippen LogP contribution in [0.1, 0.15) is 0 Å². The number of hydrogen-bond donors (Lipinski definition) is 7. The molecule has 1 fully saturated rings. The second kappa shape index (κ2) is 4.85. The SMILES string of the molecule is O=C(O)[C@H](O)[C@@H](O)/C(O)=C1\O[C@@H](O)[C@H](O)[C@@H]1O. The molecule has 0 aromatic carbocycles. The highest BCUT2D eigenvalue weighted by molar-refractivity contribution is 5.73. The number of aliphatic hydroxyl groups is 6. The van der Waals surface area contributed by atoms with Gasteiger partial charge in [0, 0.05) is 0 Å². The van der Waals surface area contributed by atoms with Crippen molar-refractivity contribution in [3.05, 3.63) is 11.5 Å². The van der Waals surface area contributed by atoms with Crippen molar-refractivity contribution >= 4 is 5.97 Å². The summed E-state index contributed by atoms with van der Waals surface area (Å²) < 4.78 is 4.42. The molecule has 0 bridgehead atoms. The average Bonchev–Trinajstić information content (AvgIpc) is 2.53. The highest BCUT2D eigenvalue weighted by Crippen LogP contribution is 2.26. The van der Waals surface area contributed by atoms with Crippen LogP contribution in [-0.2, 0) is 9.53 Å². The lowest BCUT2D eigenvalue weighted by molar-refractivity contribution is -0.152. The van der Waals surface area contributed by atoms with E-state index in [1.165, 1.54) is 0 Å². The second-order valence-electron chi connectivity index (χ2n) is 3.42. The minimum atomic E-state index is -2.34. The van der Waals surface area contributed by atoms with Crippen molar-refractivity contribution in [2.75, 3.05) is 0 Å². The van der Waals surface area contributed by atoms with Crippen LogP contribution in [0.4, 0.5) is 0 Å². The van der Waals surface area contributed by atoms with E-state index in [2.05, 4.69) is 4.74 Å². The number of rotatable bonds is 3. The van der Waals surface area contributed by atoms with Gasteiger partial charge in [0.05, 0.1) is 0 Å². The molecular weight excluding hydrogens is 240 g/mol. The van der Waals surface area contributed by atoms with Crippen molar-refractivity contribution in [3.63, 3.8) is 0 Å². The summed E-state index contributed by atoms with van der Waals surface area (Å²) in [6, 6.07) is 0. The molecule has 7 N–H and O–H groups in total. The Hall–Kier alpha value is -1.39. The minimum absolute atomic E-state index is 0.794. The van der Waals surface area contributed by atoms with Gasteiger partial charge in [-0.05, 0) is 0 Å². The first-order valence-electron chi connectivity index (χ1n) is 4.50. The van der Waals surface area contributed by atoms with E-state index >= 15 is 0 Å². The van der Waals surface area contributed by atoms with Crippen LogP contribution < -0.4 is 0 Å². The predicted octanol–water partition coefficient (Wildman–Crippen LogP) is -3.37. The lowest BCUT2D eigenvalue weighted by atomic mass is 10.1. The number of aliphatic carboxylic acids is 1. The van der Waals surface area contributed by atoms with Gasteiger partial charge in [0.25, 0.3) is 0 Å². The van der Waals surface area contributed by atoms with Gasteiger partial charge in [-0.1, -0.05) is 0 Å². The summed E-state index contributed by atoms with van der Waals surface area (Å²) in [5.74, 6) is -3.78. The molecule has 0 aromatic heterocycles. The first kappa shape index (κ1) is 13.7. The summed E-state index contributed by atoms with van der Waals surface area (Å²) in [7, 11) is 0. The number of hydrogen-bond acceptors (Lipinski definition) is 8. The maximum atomic E-state index is 10.3. The summed E-state index contributed by atoms with van der Waals surface area (Å²) in [6.45, 7) is 0. The van der Waals surface area contributed by atoms with Gasteiger partial charge in [0.2, 0.25) is 6.29 Å². The zero-order valence-electron chi connectivity index (χ0n) is 8.33. The summed E-state index contributed by atoms with van der Waals surface area (Å²) >= 11 is 0. The molecule has 0 aliphatic carbocycles. The molecule has 17 heavy (non-hydrogen) atoms. The Morgan fingerprint density at radius 1 is 1.12 bits per heavy atom. The molecule has 9 nitrogen and oxygen atoms in total. The summed E-state index contributed by atoms with van der Waals surface area (Å²) in [4.78, 5) is 10.3. The van der Waals surface area contributed by atoms with E-state index in [9.17, 15) is 20.1 Å². The highest BCUT2D eigenvalue weighted by Gasteiger charge is 2.43. The van der Waals surface area contributed by atoms with Crippen LogP contribution in [0.15, 0.2) is 11.5 Å². The van der Waals surface area contributed by atoms with Gasteiger partial charge in [-0.3, -0.25) is 0 Å². The Morgan fingerprint density at radius 3 is 2.00 bits per heavy atom. The third-order valence-corrected chi connectivity index (χ3v) is 2.22. The molecule has 0 unspecified atom stereocenters. The zero-order chi connectivity index (χ0) is 13.3. The van der Waals surface area contributed by atoms with Crippen LogP contribution in [0.2, 0.25) is 0 Å². The summed E-state index contributed by atoms with van der Waals surface area (Å²) in [5.41, 5.74) is 0. The first-order chi connectivity index (χ1) is 7.77. The fourth-order valence-corrected chi connectivity index (χ4v) is 1.22. The molecule has 1 rings (SSSR count). The number of aliphatic hydroxyl groups excluding tert-OH is 6. The molecule has 0 saturated carbocycles. The fourth-order valence-electron chi connectivity index (χ4n) is 1.22. The van der Waals surface area contributed by atoms with E-state index in [1.54, 1.807) is 0 Å². The van der Waals surface area contributed by atoms with Crippen LogP contribution in [0, 0.1) is 0 Å². The third kappa shape index (κ3) is 2.48. The lowest BCUT2D eigenvalue weighted by Crippen LogP contribution is -2.36. The molecule has 9 heteroatoms. The Labute approximate surface area is 94.4 Å². The Morgan fingerprint density at radius 2 is 1.65 bits per heavy atom. The Balaban J connectivity index is 2.94. The number of carbonyl (C=O) groups is 1. The standard InChI is InChI=1S/C8H12O9/c9-1(4(12)7(14)15)2(10)6-3(11)5(13)8(16)17-6/h1,3-5,8-13,16H,(H,14,15)/b6-2+/t1-,3-,4+,5+,8+/m0/s1. The van der Waals surface area contributed by atoms with Crippen molar-refractivity contribution in [1.82, 2.24) is 0 Å². The maximum Gasteiger partial charge on any atom is 0.335 e. The number of carboxylic acids is 1. The fraction of sp³-hybridized carbons (Fsp3) is 0.625. The number of carboxylic acid groups (broad SMARTS) is 1. The molecule has 0 radical (unpaired) electrons. The van der Waals surface area contributed by atoms with Crippen LogP contribution in [0.3, 0.4) is 0 Å². The third-order valence-electron chi connectivity index (χ3n) is 2.22. The topological polar surface area (TPSA) is 168 Å². The van der Waals surface area contributed by atoms with E-state index in [0.717, 1.165) is 0 Å². The van der Waals surface area contributed by atoms with Gasteiger partial charge >= 0.3 is 5.97 Å². The monoisotopic (exact) mass is 252 g/mol. The van der Waals surface area contributed by atoms with Crippen LogP contribution >= 0.6 is 0 Å². The largest absolute Gasteiger partial charge is 0.506 e. The molecule has 0 aromatic rings. The van der Waals surface area contributed by atoms with Gasteiger partial charge in [-0.25, -0.2) is 4.79 Å². The van der Waals surface area contributed by atoms with Crippen molar-refractivity contribution in [3.8, 4) is 0 Å². The van der Waals surface area contributed by atoms with Crippen molar-refractivity contribution in [2.45, 2.75) is 30.7 Å². The maximum absolute atomic E-state index is 10.3. The van der Waals surface area contributed by atoms with Gasteiger partial charge in [0.15, 0.2) is 23.7 Å². The molecule has 1 heterocycles. The van der Waals surface area contributed by atoms with Crippen LogP contribution in [0.5, 0.6) is 0 Å². The lowest BCUT2D eigenvalue weighted by Gasteiger charge is -2.15. The smallest absolute Gasteiger partial charge is 0.335 e. The van der Waals surface area contributed by atoms with E-state index in [1.807, 2.05) is 0 Å². The quantitative estimate of drug-likeness (QED) is 0.253. The van der Waals surface area contributed by atoms with Gasteiger partial charge in [0.1, 0.15) is 12.2 Å². The first-order valence-corrected chi connectivity index (χ1v) is 4.50. The molecule has 1 aliphatic heterocycles. The number of ether oxygens (including phenoxy) is 1. The molecule has 98 valence electrons. The van der Waals surface area contributed by atoms with Gasteiger partial charge in [-0.15, -0.1) is 0 Å². The predicted molar refractivity (Wildman–Crippen MR) is 48.4 cm³/mol.